The molecule has 1 N–H and O–H groups in total. The second-order valence-electron chi connectivity index (χ2n) is 5.27. The van der Waals surface area contributed by atoms with Crippen LogP contribution in [0.1, 0.15) is 30.4 Å². The lowest BCUT2D eigenvalue weighted by Crippen LogP contribution is -2.18. The summed E-state index contributed by atoms with van der Waals surface area (Å²) in [5.74, 6) is -0.801. The zero-order valence-corrected chi connectivity index (χ0v) is 11.7. The van der Waals surface area contributed by atoms with Crippen molar-refractivity contribution in [1.82, 2.24) is 0 Å². The second-order valence-corrected chi connectivity index (χ2v) is 5.27. The highest BCUT2D eigenvalue weighted by molar-refractivity contribution is 5.70. The standard InChI is InChI=1S/C18H20O2/c1-14(16-10-6-3-7-11-16)12-17(18(19)20)13-15-8-4-2-5-9-15/h2-11,14,17H,12-13H2,1H3,(H,19,20)/t14?,17-/m1/s1. The molecule has 0 aliphatic heterocycles. The Morgan fingerprint density at radius 1 is 1.00 bits per heavy atom. The molecule has 0 fully saturated rings. The maximum Gasteiger partial charge on any atom is 0.306 e. The molecule has 0 saturated carbocycles. The van der Waals surface area contributed by atoms with Crippen molar-refractivity contribution in [1.29, 1.82) is 0 Å². The Balaban J connectivity index is 2.05. The minimum Gasteiger partial charge on any atom is -0.481 e. The molecule has 2 atom stereocenters. The average Bonchev–Trinajstić information content (AvgIpc) is 2.48. The summed E-state index contributed by atoms with van der Waals surface area (Å²) in [5.41, 5.74) is 2.28. The number of rotatable bonds is 6. The highest BCUT2D eigenvalue weighted by Crippen LogP contribution is 2.25. The van der Waals surface area contributed by atoms with Crippen molar-refractivity contribution in [3.8, 4) is 0 Å². The molecule has 0 radical (unpaired) electrons. The number of carboxylic acids is 1. The van der Waals surface area contributed by atoms with Gasteiger partial charge in [-0.2, -0.15) is 0 Å². The number of hydrogen-bond acceptors (Lipinski definition) is 1. The number of benzene rings is 2. The molecule has 0 bridgehead atoms. The number of carboxylic acid groups (broad SMARTS) is 1. The van der Waals surface area contributed by atoms with E-state index in [2.05, 4.69) is 19.1 Å². The quantitative estimate of drug-likeness (QED) is 0.855. The number of carbonyl (C=O) groups is 1. The average molecular weight is 268 g/mol. The largest absolute Gasteiger partial charge is 0.481 e. The van der Waals surface area contributed by atoms with E-state index in [9.17, 15) is 9.90 Å². The minimum atomic E-state index is -0.711. The Morgan fingerprint density at radius 3 is 2.10 bits per heavy atom. The lowest BCUT2D eigenvalue weighted by molar-refractivity contribution is -0.142. The van der Waals surface area contributed by atoms with Crippen LogP contribution >= 0.6 is 0 Å². The van der Waals surface area contributed by atoms with Crippen molar-refractivity contribution in [3.63, 3.8) is 0 Å². The van der Waals surface area contributed by atoms with E-state index in [0.717, 1.165) is 5.56 Å². The van der Waals surface area contributed by atoms with Gasteiger partial charge in [0.1, 0.15) is 0 Å². The summed E-state index contributed by atoms with van der Waals surface area (Å²) in [7, 11) is 0. The molecule has 2 aromatic carbocycles. The molecule has 2 aromatic rings. The molecule has 0 amide bonds. The van der Waals surface area contributed by atoms with Crippen LogP contribution in [-0.2, 0) is 11.2 Å². The van der Waals surface area contributed by atoms with Crippen LogP contribution in [0.4, 0.5) is 0 Å². The molecular weight excluding hydrogens is 248 g/mol. The molecule has 0 heterocycles. The summed E-state index contributed by atoms with van der Waals surface area (Å²) in [5, 5.41) is 9.43. The van der Waals surface area contributed by atoms with Crippen molar-refractivity contribution >= 4 is 5.97 Å². The van der Waals surface area contributed by atoms with Crippen LogP contribution in [0.5, 0.6) is 0 Å². The van der Waals surface area contributed by atoms with Gasteiger partial charge >= 0.3 is 5.97 Å². The number of hydrogen-bond donors (Lipinski definition) is 1. The summed E-state index contributed by atoms with van der Waals surface area (Å²) in [4.78, 5) is 11.5. The van der Waals surface area contributed by atoms with Gasteiger partial charge < -0.3 is 5.11 Å². The van der Waals surface area contributed by atoms with E-state index in [0.29, 0.717) is 12.8 Å². The molecule has 0 spiro atoms. The van der Waals surface area contributed by atoms with E-state index in [1.807, 2.05) is 48.5 Å². The number of aliphatic carboxylic acids is 1. The van der Waals surface area contributed by atoms with Crippen molar-refractivity contribution in [3.05, 3.63) is 71.8 Å². The molecule has 0 aliphatic rings. The maximum atomic E-state index is 11.5. The lowest BCUT2D eigenvalue weighted by Gasteiger charge is -2.18. The Labute approximate surface area is 120 Å². The van der Waals surface area contributed by atoms with Crippen LogP contribution in [0.3, 0.4) is 0 Å². The minimum absolute atomic E-state index is 0.251. The van der Waals surface area contributed by atoms with Crippen LogP contribution in [0.2, 0.25) is 0 Å². The Hall–Kier alpha value is -2.09. The van der Waals surface area contributed by atoms with Crippen molar-refractivity contribution in [2.24, 2.45) is 5.92 Å². The molecule has 0 aromatic heterocycles. The Bertz CT molecular complexity index is 534. The van der Waals surface area contributed by atoms with Gasteiger partial charge in [0.25, 0.3) is 0 Å². The first-order valence-electron chi connectivity index (χ1n) is 6.98. The molecule has 2 rings (SSSR count). The first kappa shape index (κ1) is 14.3. The Kier molecular flexibility index (Phi) is 4.94. The van der Waals surface area contributed by atoms with Crippen LogP contribution in [0.25, 0.3) is 0 Å². The topological polar surface area (TPSA) is 37.3 Å². The smallest absolute Gasteiger partial charge is 0.306 e. The van der Waals surface area contributed by atoms with Crippen LogP contribution < -0.4 is 0 Å². The fourth-order valence-corrected chi connectivity index (χ4v) is 2.51. The van der Waals surface area contributed by atoms with E-state index >= 15 is 0 Å². The van der Waals surface area contributed by atoms with Gasteiger partial charge in [-0.1, -0.05) is 67.6 Å². The van der Waals surface area contributed by atoms with Crippen LogP contribution in [0.15, 0.2) is 60.7 Å². The van der Waals surface area contributed by atoms with Gasteiger partial charge in [-0.15, -0.1) is 0 Å². The third kappa shape index (κ3) is 3.95. The second kappa shape index (κ2) is 6.90. The highest BCUT2D eigenvalue weighted by Gasteiger charge is 2.21. The molecular formula is C18H20O2. The maximum absolute atomic E-state index is 11.5. The fraction of sp³-hybridized carbons (Fsp3) is 0.278. The molecule has 2 heteroatoms. The third-order valence-corrected chi connectivity index (χ3v) is 3.68. The fourth-order valence-electron chi connectivity index (χ4n) is 2.51. The summed E-state index contributed by atoms with van der Waals surface area (Å²) < 4.78 is 0. The molecule has 0 aliphatic carbocycles. The highest BCUT2D eigenvalue weighted by atomic mass is 16.4. The van der Waals surface area contributed by atoms with E-state index in [-0.39, 0.29) is 11.8 Å². The van der Waals surface area contributed by atoms with E-state index in [1.54, 1.807) is 0 Å². The SMILES string of the molecule is CC(C[C@H](Cc1ccccc1)C(=O)O)c1ccccc1. The zero-order valence-electron chi connectivity index (χ0n) is 11.7. The lowest BCUT2D eigenvalue weighted by atomic mass is 9.87. The van der Waals surface area contributed by atoms with Gasteiger partial charge in [-0.3, -0.25) is 4.79 Å². The Morgan fingerprint density at radius 2 is 1.55 bits per heavy atom. The molecule has 20 heavy (non-hydrogen) atoms. The van der Waals surface area contributed by atoms with Crippen LogP contribution in [-0.4, -0.2) is 11.1 Å². The first-order valence-corrected chi connectivity index (χ1v) is 6.98. The predicted molar refractivity (Wildman–Crippen MR) is 80.7 cm³/mol. The normalized spacial score (nSPS) is 13.7. The summed E-state index contributed by atoms with van der Waals surface area (Å²) in [6.45, 7) is 2.09. The summed E-state index contributed by atoms with van der Waals surface area (Å²) in [6.07, 6.45) is 1.25. The van der Waals surface area contributed by atoms with Crippen molar-refractivity contribution < 1.29 is 9.90 Å². The molecule has 2 nitrogen and oxygen atoms in total. The monoisotopic (exact) mass is 268 g/mol. The first-order chi connectivity index (χ1) is 9.66. The third-order valence-electron chi connectivity index (χ3n) is 3.68. The molecule has 1 unspecified atom stereocenters. The van der Waals surface area contributed by atoms with Gasteiger partial charge in [-0.25, -0.2) is 0 Å². The van der Waals surface area contributed by atoms with Gasteiger partial charge in [0.15, 0.2) is 0 Å². The van der Waals surface area contributed by atoms with Crippen molar-refractivity contribution in [2.45, 2.75) is 25.7 Å². The molecule has 104 valence electrons. The zero-order chi connectivity index (χ0) is 14.4. The van der Waals surface area contributed by atoms with Crippen LogP contribution in [0, 0.1) is 5.92 Å². The van der Waals surface area contributed by atoms with Gasteiger partial charge in [0, 0.05) is 0 Å². The summed E-state index contributed by atoms with van der Waals surface area (Å²) >= 11 is 0. The van der Waals surface area contributed by atoms with Gasteiger partial charge in [0.2, 0.25) is 0 Å². The van der Waals surface area contributed by atoms with E-state index in [4.69, 9.17) is 0 Å². The van der Waals surface area contributed by atoms with E-state index in [1.165, 1.54) is 5.56 Å². The predicted octanol–water partition coefficient (Wildman–Crippen LogP) is 4.12. The summed E-state index contributed by atoms with van der Waals surface area (Å²) in [6, 6.07) is 19.9. The molecule has 0 saturated heterocycles. The van der Waals surface area contributed by atoms with Gasteiger partial charge in [-0.05, 0) is 29.9 Å². The van der Waals surface area contributed by atoms with Gasteiger partial charge in [0.05, 0.1) is 5.92 Å². The van der Waals surface area contributed by atoms with Crippen molar-refractivity contribution in [2.75, 3.05) is 0 Å². The van der Waals surface area contributed by atoms with E-state index < -0.39 is 5.97 Å².